The van der Waals surface area contributed by atoms with Crippen molar-refractivity contribution >= 4 is 35.0 Å². The highest BCUT2D eigenvalue weighted by Crippen LogP contribution is 2.22. The van der Waals surface area contributed by atoms with Crippen LogP contribution in [-0.2, 0) is 0 Å². The highest BCUT2D eigenvalue weighted by Gasteiger charge is 2.08. The van der Waals surface area contributed by atoms with Gasteiger partial charge in [-0.05, 0) is 36.8 Å². The Morgan fingerprint density at radius 1 is 1.55 bits per heavy atom. The van der Waals surface area contributed by atoms with E-state index in [1.54, 1.807) is 29.4 Å². The Morgan fingerprint density at radius 2 is 2.27 bits per heavy atom. The minimum atomic E-state index is -0.0839. The lowest BCUT2D eigenvalue weighted by molar-refractivity contribution is 0.253. The van der Waals surface area contributed by atoms with Gasteiger partial charge < -0.3 is 20.6 Å². The predicted octanol–water partition coefficient (Wildman–Crippen LogP) is 1.84. The molecule has 0 aliphatic heterocycles. The molecule has 1 atom stereocenters. The Balaban J connectivity index is 2.82. The van der Waals surface area contributed by atoms with Gasteiger partial charge >= 0.3 is 0 Å². The van der Waals surface area contributed by atoms with Gasteiger partial charge in [0.15, 0.2) is 5.11 Å². The first kappa shape index (κ1) is 17.9. The van der Waals surface area contributed by atoms with Crippen molar-refractivity contribution in [2.24, 2.45) is 4.99 Å². The van der Waals surface area contributed by atoms with Gasteiger partial charge in [-0.15, -0.1) is 0 Å². The first-order valence-corrected chi connectivity index (χ1v) is 7.34. The molecule has 0 spiro atoms. The molecule has 0 amide bonds. The molecule has 0 heterocycles. The van der Waals surface area contributed by atoms with Crippen LogP contribution in [0.2, 0.25) is 0 Å². The van der Waals surface area contributed by atoms with Crippen LogP contribution in [0.1, 0.15) is 18.9 Å². The molecular formula is C15H21N5OS. The molecule has 0 aliphatic carbocycles. The maximum Gasteiger partial charge on any atom is 0.171 e. The molecule has 0 fully saturated rings. The molecule has 1 aromatic rings. The summed E-state index contributed by atoms with van der Waals surface area (Å²) in [6.45, 7) is 1.97. The number of hydrogen-bond donors (Lipinski definition) is 3. The summed E-state index contributed by atoms with van der Waals surface area (Å²) in [5, 5.41) is 24.8. The summed E-state index contributed by atoms with van der Waals surface area (Å²) in [4.78, 5) is 6.04. The SMILES string of the molecule is CCC(CO)NC(=S)Nc1ccc(/N=C/N(C)C)c(C#N)c1. The second-order valence-corrected chi connectivity index (χ2v) is 5.35. The van der Waals surface area contributed by atoms with Crippen LogP contribution >= 0.6 is 12.2 Å². The number of aliphatic hydroxyl groups excluding tert-OH is 1. The summed E-state index contributed by atoms with van der Waals surface area (Å²) in [5.41, 5.74) is 1.76. The van der Waals surface area contributed by atoms with E-state index in [0.717, 1.165) is 6.42 Å². The van der Waals surface area contributed by atoms with Crippen LogP contribution in [0.15, 0.2) is 23.2 Å². The molecule has 6 nitrogen and oxygen atoms in total. The molecule has 1 aromatic carbocycles. The number of nitrogens with zero attached hydrogens (tertiary/aromatic N) is 3. The van der Waals surface area contributed by atoms with Crippen molar-refractivity contribution in [3.63, 3.8) is 0 Å². The smallest absolute Gasteiger partial charge is 0.171 e. The first-order chi connectivity index (χ1) is 10.5. The zero-order chi connectivity index (χ0) is 16.5. The van der Waals surface area contributed by atoms with Crippen LogP contribution in [-0.4, -0.2) is 48.2 Å². The quantitative estimate of drug-likeness (QED) is 0.421. The largest absolute Gasteiger partial charge is 0.394 e. The molecule has 1 unspecified atom stereocenters. The van der Waals surface area contributed by atoms with Crippen LogP contribution < -0.4 is 10.6 Å². The molecule has 0 aromatic heterocycles. The number of rotatable bonds is 6. The van der Waals surface area contributed by atoms with Crippen LogP contribution in [0, 0.1) is 11.3 Å². The average Bonchev–Trinajstić information content (AvgIpc) is 2.50. The number of nitrogens with one attached hydrogen (secondary N) is 2. The van der Waals surface area contributed by atoms with E-state index in [-0.39, 0.29) is 12.6 Å². The van der Waals surface area contributed by atoms with E-state index in [1.807, 2.05) is 21.0 Å². The summed E-state index contributed by atoms with van der Waals surface area (Å²) >= 11 is 5.19. The lowest BCUT2D eigenvalue weighted by Crippen LogP contribution is -2.39. The zero-order valence-corrected chi connectivity index (χ0v) is 13.8. The lowest BCUT2D eigenvalue weighted by Gasteiger charge is -2.17. The number of anilines is 1. The fraction of sp³-hybridized carbons (Fsp3) is 0.400. The Kier molecular flexibility index (Phi) is 7.29. The number of hydrogen-bond acceptors (Lipinski definition) is 4. The summed E-state index contributed by atoms with van der Waals surface area (Å²) < 4.78 is 0. The predicted molar refractivity (Wildman–Crippen MR) is 93.5 cm³/mol. The number of benzene rings is 1. The highest BCUT2D eigenvalue weighted by molar-refractivity contribution is 7.80. The van der Waals surface area contributed by atoms with E-state index in [4.69, 9.17) is 17.3 Å². The van der Waals surface area contributed by atoms with Gasteiger partial charge in [-0.25, -0.2) is 4.99 Å². The van der Waals surface area contributed by atoms with Crippen LogP contribution in [0.4, 0.5) is 11.4 Å². The summed E-state index contributed by atoms with van der Waals surface area (Å²) in [7, 11) is 3.72. The van der Waals surface area contributed by atoms with Gasteiger partial charge in [-0.3, -0.25) is 0 Å². The summed E-state index contributed by atoms with van der Waals surface area (Å²) in [5.74, 6) is 0. The lowest BCUT2D eigenvalue weighted by atomic mass is 10.2. The molecule has 22 heavy (non-hydrogen) atoms. The van der Waals surface area contributed by atoms with Crippen molar-refractivity contribution in [1.29, 1.82) is 5.26 Å². The van der Waals surface area contributed by atoms with E-state index < -0.39 is 0 Å². The van der Waals surface area contributed by atoms with Crippen molar-refractivity contribution in [3.05, 3.63) is 23.8 Å². The second-order valence-electron chi connectivity index (χ2n) is 4.94. The normalized spacial score (nSPS) is 11.8. The van der Waals surface area contributed by atoms with E-state index in [1.165, 1.54) is 0 Å². The van der Waals surface area contributed by atoms with Gasteiger partial charge in [-0.1, -0.05) is 6.92 Å². The van der Waals surface area contributed by atoms with Crippen molar-refractivity contribution in [3.8, 4) is 6.07 Å². The summed E-state index contributed by atoms with van der Waals surface area (Å²) in [6, 6.07) is 7.29. The van der Waals surface area contributed by atoms with Crippen molar-refractivity contribution < 1.29 is 5.11 Å². The Morgan fingerprint density at radius 3 is 2.82 bits per heavy atom. The van der Waals surface area contributed by atoms with Gasteiger partial charge in [0, 0.05) is 19.8 Å². The molecule has 1 rings (SSSR count). The van der Waals surface area contributed by atoms with Crippen molar-refractivity contribution in [1.82, 2.24) is 10.2 Å². The Bertz CT molecular complexity index is 576. The standard InChI is InChI=1S/C15H21N5OS/c1-4-12(9-21)18-15(22)19-13-5-6-14(11(7-13)8-16)17-10-20(2)3/h5-7,10,12,21H,4,9H2,1-3H3,(H2,18,19,22)/b17-10+. The van der Waals surface area contributed by atoms with Gasteiger partial charge in [-0.2, -0.15) is 5.26 Å². The molecular weight excluding hydrogens is 298 g/mol. The minimum absolute atomic E-state index is 0.0138. The fourth-order valence-corrected chi connectivity index (χ4v) is 1.91. The molecule has 0 bridgehead atoms. The van der Waals surface area contributed by atoms with Crippen molar-refractivity contribution in [2.45, 2.75) is 19.4 Å². The Labute approximate surface area is 136 Å². The van der Waals surface area contributed by atoms with E-state index in [2.05, 4.69) is 21.7 Å². The second kappa shape index (κ2) is 8.97. The minimum Gasteiger partial charge on any atom is -0.394 e. The van der Waals surface area contributed by atoms with Gasteiger partial charge in [0.25, 0.3) is 0 Å². The van der Waals surface area contributed by atoms with Crippen LogP contribution in [0.5, 0.6) is 0 Å². The van der Waals surface area contributed by atoms with Crippen molar-refractivity contribution in [2.75, 3.05) is 26.0 Å². The molecule has 0 saturated carbocycles. The van der Waals surface area contributed by atoms with Gasteiger partial charge in [0.1, 0.15) is 6.07 Å². The molecule has 3 N–H and O–H groups in total. The molecule has 0 saturated heterocycles. The number of thiocarbonyl (C=S) groups is 1. The van der Waals surface area contributed by atoms with Gasteiger partial charge in [0.05, 0.1) is 30.2 Å². The maximum absolute atomic E-state index is 9.22. The van der Waals surface area contributed by atoms with Gasteiger partial charge in [0.2, 0.25) is 0 Å². The molecule has 0 aliphatic rings. The molecule has 118 valence electrons. The topological polar surface area (TPSA) is 83.7 Å². The third-order valence-corrected chi connectivity index (χ3v) is 3.07. The number of aliphatic imine (C=N–C) groups is 1. The van der Waals surface area contributed by atoms with E-state index in [9.17, 15) is 5.26 Å². The average molecular weight is 319 g/mol. The van der Waals surface area contributed by atoms with Crippen LogP contribution in [0.3, 0.4) is 0 Å². The maximum atomic E-state index is 9.22. The monoisotopic (exact) mass is 319 g/mol. The third kappa shape index (κ3) is 5.68. The molecule has 0 radical (unpaired) electrons. The van der Waals surface area contributed by atoms with E-state index in [0.29, 0.717) is 22.1 Å². The Hall–Kier alpha value is -2.17. The number of nitriles is 1. The highest BCUT2D eigenvalue weighted by atomic mass is 32.1. The van der Waals surface area contributed by atoms with E-state index >= 15 is 0 Å². The molecule has 7 heteroatoms. The zero-order valence-electron chi connectivity index (χ0n) is 13.0. The fourth-order valence-electron chi connectivity index (χ4n) is 1.62. The first-order valence-electron chi connectivity index (χ1n) is 6.93. The number of aliphatic hydroxyl groups is 1. The third-order valence-electron chi connectivity index (χ3n) is 2.85. The van der Waals surface area contributed by atoms with Crippen LogP contribution in [0.25, 0.3) is 0 Å². The summed E-state index contributed by atoms with van der Waals surface area (Å²) in [6.07, 6.45) is 2.41.